The number of aryl methyl sites for hydroxylation is 1. The van der Waals surface area contributed by atoms with E-state index in [1.165, 1.54) is 11.3 Å². The van der Waals surface area contributed by atoms with Crippen molar-refractivity contribution < 1.29 is 14.1 Å². The highest BCUT2D eigenvalue weighted by atomic mass is 16.6. The van der Waals surface area contributed by atoms with Gasteiger partial charge in [-0.1, -0.05) is 55.3 Å². The van der Waals surface area contributed by atoms with Gasteiger partial charge in [-0.3, -0.25) is 4.90 Å². The van der Waals surface area contributed by atoms with Crippen LogP contribution in [-0.4, -0.2) is 39.4 Å². The number of nitrogens with one attached hydrogen (secondary N) is 1. The van der Waals surface area contributed by atoms with Gasteiger partial charge in [-0.2, -0.15) is 9.97 Å². The van der Waals surface area contributed by atoms with Gasteiger partial charge in [0.05, 0.1) is 13.1 Å². The second-order valence-corrected chi connectivity index (χ2v) is 6.44. The Kier molecular flexibility index (Phi) is 6.72. The van der Waals surface area contributed by atoms with E-state index < -0.39 is 6.09 Å². The topological polar surface area (TPSA) is 106 Å². The molecule has 9 nitrogen and oxygen atoms in total. The maximum absolute atomic E-state index is 11.6. The van der Waals surface area contributed by atoms with Gasteiger partial charge >= 0.3 is 6.09 Å². The van der Waals surface area contributed by atoms with Crippen LogP contribution in [0.3, 0.4) is 0 Å². The number of hydrogen-bond acceptors (Lipinski definition) is 8. The molecule has 1 aromatic carbocycles. The van der Waals surface area contributed by atoms with Crippen LogP contribution in [0.1, 0.15) is 31.7 Å². The van der Waals surface area contributed by atoms with E-state index in [0.29, 0.717) is 36.6 Å². The van der Waals surface area contributed by atoms with Crippen LogP contribution >= 0.6 is 0 Å². The summed E-state index contributed by atoms with van der Waals surface area (Å²) in [4.78, 5) is 25.9. The van der Waals surface area contributed by atoms with Crippen molar-refractivity contribution in [3.8, 4) is 11.4 Å². The largest absolute Gasteiger partial charge is 0.447 e. The van der Waals surface area contributed by atoms with Crippen LogP contribution in [-0.2, 0) is 11.3 Å². The molecule has 1 fully saturated rings. The standard InChI is InChI=1S/C17H16N6O3.C3H8/c1-11-2-4-12(5-3-11)15-21-14(26-22-15)10-19-16-18-7-6-13(20-16)23-8-9-25-17(23)24;1-3-2/h2-7H,8-10H2,1H3,(H,18,19,20);3H2,1-2H3. The smallest absolute Gasteiger partial charge is 0.415 e. The molecule has 1 aliphatic heterocycles. The molecule has 2 aromatic heterocycles. The Balaban J connectivity index is 0.000000755. The van der Waals surface area contributed by atoms with Crippen molar-refractivity contribution in [1.82, 2.24) is 20.1 Å². The van der Waals surface area contributed by atoms with Gasteiger partial charge in [0.25, 0.3) is 0 Å². The van der Waals surface area contributed by atoms with Crippen LogP contribution in [0.4, 0.5) is 16.6 Å². The number of benzene rings is 1. The van der Waals surface area contributed by atoms with E-state index in [0.717, 1.165) is 11.1 Å². The first-order valence-corrected chi connectivity index (χ1v) is 9.51. The van der Waals surface area contributed by atoms with Gasteiger partial charge in [-0.15, -0.1) is 0 Å². The number of nitrogens with zero attached hydrogens (tertiary/aromatic N) is 5. The van der Waals surface area contributed by atoms with Crippen LogP contribution in [0.5, 0.6) is 0 Å². The zero-order valence-electron chi connectivity index (χ0n) is 16.8. The summed E-state index contributed by atoms with van der Waals surface area (Å²) < 4.78 is 10.2. The number of ether oxygens (including phenoxy) is 1. The number of cyclic esters (lactones) is 1. The Morgan fingerprint density at radius 3 is 2.59 bits per heavy atom. The lowest BCUT2D eigenvalue weighted by Crippen LogP contribution is -2.24. The minimum atomic E-state index is -0.408. The van der Waals surface area contributed by atoms with Crippen molar-refractivity contribution in [3.63, 3.8) is 0 Å². The highest BCUT2D eigenvalue weighted by Gasteiger charge is 2.24. The third-order valence-corrected chi connectivity index (χ3v) is 3.85. The highest BCUT2D eigenvalue weighted by molar-refractivity contribution is 5.88. The number of amides is 1. The van der Waals surface area contributed by atoms with E-state index in [1.807, 2.05) is 31.2 Å². The van der Waals surface area contributed by atoms with E-state index in [9.17, 15) is 4.79 Å². The van der Waals surface area contributed by atoms with Crippen molar-refractivity contribution in [1.29, 1.82) is 0 Å². The number of hydrogen-bond donors (Lipinski definition) is 1. The van der Waals surface area contributed by atoms with Crippen LogP contribution in [0.2, 0.25) is 0 Å². The molecule has 1 aliphatic rings. The summed E-state index contributed by atoms with van der Waals surface area (Å²) in [6, 6.07) is 9.52. The molecule has 0 spiro atoms. The van der Waals surface area contributed by atoms with Crippen LogP contribution in [0.15, 0.2) is 41.1 Å². The monoisotopic (exact) mass is 396 g/mol. The van der Waals surface area contributed by atoms with Gasteiger partial charge in [0, 0.05) is 11.8 Å². The quantitative estimate of drug-likeness (QED) is 0.694. The molecule has 1 saturated heterocycles. The SMILES string of the molecule is CCC.Cc1ccc(-c2noc(CNc3nccc(N4CCOC4=O)n3)n2)cc1. The molecule has 0 saturated carbocycles. The van der Waals surface area contributed by atoms with Crippen molar-refractivity contribution in [2.24, 2.45) is 0 Å². The van der Waals surface area contributed by atoms with Crippen molar-refractivity contribution in [2.45, 2.75) is 33.7 Å². The van der Waals surface area contributed by atoms with Gasteiger partial charge in [0.15, 0.2) is 0 Å². The number of aromatic nitrogens is 4. The average Bonchev–Trinajstić information content (AvgIpc) is 3.37. The molecule has 0 radical (unpaired) electrons. The number of rotatable bonds is 5. The number of carbonyl (C=O) groups is 1. The van der Waals surface area contributed by atoms with Crippen LogP contribution in [0.25, 0.3) is 11.4 Å². The molecule has 29 heavy (non-hydrogen) atoms. The van der Waals surface area contributed by atoms with Gasteiger partial charge < -0.3 is 14.6 Å². The molecule has 0 bridgehead atoms. The lowest BCUT2D eigenvalue weighted by molar-refractivity contribution is 0.181. The van der Waals surface area contributed by atoms with E-state index in [2.05, 4.69) is 39.3 Å². The van der Waals surface area contributed by atoms with E-state index in [1.54, 1.807) is 12.3 Å². The predicted molar refractivity (Wildman–Crippen MR) is 108 cm³/mol. The minimum Gasteiger partial charge on any atom is -0.447 e. The Bertz CT molecular complexity index is 941. The fourth-order valence-electron chi connectivity index (χ4n) is 2.49. The third-order valence-electron chi connectivity index (χ3n) is 3.85. The molecule has 3 aromatic rings. The molecule has 3 heterocycles. The predicted octanol–water partition coefficient (Wildman–Crippen LogP) is 3.82. The van der Waals surface area contributed by atoms with Gasteiger partial charge in [0.2, 0.25) is 17.7 Å². The Labute approximate surface area is 169 Å². The fourth-order valence-corrected chi connectivity index (χ4v) is 2.49. The summed E-state index contributed by atoms with van der Waals surface area (Å²) >= 11 is 0. The van der Waals surface area contributed by atoms with Crippen molar-refractivity contribution in [3.05, 3.63) is 48.0 Å². The summed E-state index contributed by atoms with van der Waals surface area (Å²) in [5.41, 5.74) is 2.05. The molecular weight excluding hydrogens is 372 g/mol. The first kappa shape index (κ1) is 20.2. The summed E-state index contributed by atoms with van der Waals surface area (Å²) in [5.74, 6) is 1.78. The zero-order chi connectivity index (χ0) is 20.6. The number of anilines is 2. The van der Waals surface area contributed by atoms with Gasteiger partial charge in [-0.25, -0.2) is 9.78 Å². The molecule has 4 rings (SSSR count). The molecular formula is C20H24N6O3. The van der Waals surface area contributed by atoms with E-state index in [-0.39, 0.29) is 6.54 Å². The maximum Gasteiger partial charge on any atom is 0.415 e. The average molecular weight is 396 g/mol. The lowest BCUT2D eigenvalue weighted by atomic mass is 10.1. The fraction of sp³-hybridized carbons (Fsp3) is 0.350. The van der Waals surface area contributed by atoms with Crippen LogP contribution in [0, 0.1) is 6.92 Å². The molecule has 1 amide bonds. The maximum atomic E-state index is 11.6. The summed E-state index contributed by atoms with van der Waals surface area (Å²) in [5, 5.41) is 7.00. The summed E-state index contributed by atoms with van der Waals surface area (Å²) in [7, 11) is 0. The van der Waals surface area contributed by atoms with Crippen LogP contribution < -0.4 is 10.2 Å². The molecule has 152 valence electrons. The van der Waals surface area contributed by atoms with Gasteiger partial charge in [0.1, 0.15) is 12.4 Å². The Hall–Kier alpha value is -3.49. The Morgan fingerprint density at radius 1 is 1.14 bits per heavy atom. The van der Waals surface area contributed by atoms with E-state index in [4.69, 9.17) is 9.26 Å². The molecule has 0 atom stereocenters. The first-order valence-electron chi connectivity index (χ1n) is 9.51. The van der Waals surface area contributed by atoms with E-state index >= 15 is 0 Å². The molecule has 0 unspecified atom stereocenters. The summed E-state index contributed by atoms with van der Waals surface area (Å²) in [6.07, 6.45) is 2.41. The zero-order valence-corrected chi connectivity index (χ0v) is 16.8. The number of carbonyl (C=O) groups excluding carboxylic acids is 1. The second kappa shape index (κ2) is 9.63. The Morgan fingerprint density at radius 2 is 1.90 bits per heavy atom. The molecule has 0 aliphatic carbocycles. The highest BCUT2D eigenvalue weighted by Crippen LogP contribution is 2.18. The van der Waals surface area contributed by atoms with Gasteiger partial charge in [-0.05, 0) is 13.0 Å². The molecule has 1 N–H and O–H groups in total. The lowest BCUT2D eigenvalue weighted by Gasteiger charge is -2.11. The normalized spacial score (nSPS) is 12.9. The molecule has 9 heteroatoms. The minimum absolute atomic E-state index is 0.271. The first-order chi connectivity index (χ1) is 14.1. The van der Waals surface area contributed by atoms with Crippen molar-refractivity contribution in [2.75, 3.05) is 23.4 Å². The summed E-state index contributed by atoms with van der Waals surface area (Å²) in [6.45, 7) is 7.37. The second-order valence-electron chi connectivity index (χ2n) is 6.44. The third kappa shape index (κ3) is 5.28. The van der Waals surface area contributed by atoms with Crippen molar-refractivity contribution >= 4 is 17.9 Å².